The fraction of sp³-hybridized carbons (Fsp3) is 0.200. The zero-order valence-electron chi connectivity index (χ0n) is 9.36. The molecule has 3 rings (SSSR count). The van der Waals surface area contributed by atoms with Crippen LogP contribution in [-0.4, -0.2) is 0 Å². The Balaban J connectivity index is 2.12. The van der Waals surface area contributed by atoms with Crippen LogP contribution in [0.1, 0.15) is 23.6 Å². The van der Waals surface area contributed by atoms with Crippen molar-refractivity contribution in [3.63, 3.8) is 0 Å². The van der Waals surface area contributed by atoms with E-state index >= 15 is 0 Å². The third-order valence-corrected chi connectivity index (χ3v) is 4.39. The Morgan fingerprint density at radius 1 is 1.00 bits per heavy atom. The molecule has 0 spiro atoms. The first-order chi connectivity index (χ1) is 7.88. The van der Waals surface area contributed by atoms with Crippen molar-refractivity contribution in [2.45, 2.75) is 29.6 Å². The van der Waals surface area contributed by atoms with Gasteiger partial charge in [0.25, 0.3) is 0 Å². The molecule has 0 amide bonds. The van der Waals surface area contributed by atoms with Crippen molar-refractivity contribution >= 4 is 11.8 Å². The largest absolute Gasteiger partial charge is 0.0895 e. The van der Waals surface area contributed by atoms with Gasteiger partial charge in [0.2, 0.25) is 0 Å². The molecule has 0 nitrogen and oxygen atoms in total. The van der Waals surface area contributed by atoms with Crippen molar-refractivity contribution in [3.05, 3.63) is 59.2 Å². The predicted molar refractivity (Wildman–Crippen MR) is 69.2 cm³/mol. The molecule has 2 aromatic rings. The SMILES string of the molecule is CCc1cccc2c1Cc1ccccc1S2. The Morgan fingerprint density at radius 3 is 2.69 bits per heavy atom. The third-order valence-electron chi connectivity index (χ3n) is 3.17. The Morgan fingerprint density at radius 2 is 1.81 bits per heavy atom. The van der Waals surface area contributed by atoms with Gasteiger partial charge in [0.15, 0.2) is 0 Å². The molecule has 1 heteroatoms. The number of benzene rings is 2. The molecular weight excluding hydrogens is 212 g/mol. The number of aryl methyl sites for hydroxylation is 1. The summed E-state index contributed by atoms with van der Waals surface area (Å²) < 4.78 is 0. The van der Waals surface area contributed by atoms with E-state index in [1.54, 1.807) is 0 Å². The molecule has 0 saturated heterocycles. The Bertz CT molecular complexity index is 529. The van der Waals surface area contributed by atoms with E-state index in [4.69, 9.17) is 0 Å². The summed E-state index contributed by atoms with van der Waals surface area (Å²) in [5, 5.41) is 0. The lowest BCUT2D eigenvalue weighted by molar-refractivity contribution is 0.988. The maximum Gasteiger partial charge on any atom is 0.0160 e. The Hall–Kier alpha value is -1.21. The standard InChI is InChI=1S/C15H14S/c1-2-11-7-5-9-15-13(11)10-12-6-3-4-8-14(12)16-15/h3-9H,2,10H2,1H3. The fourth-order valence-electron chi connectivity index (χ4n) is 2.30. The summed E-state index contributed by atoms with van der Waals surface area (Å²) in [5.41, 5.74) is 4.51. The van der Waals surface area contributed by atoms with Gasteiger partial charge in [0.1, 0.15) is 0 Å². The van der Waals surface area contributed by atoms with Crippen molar-refractivity contribution < 1.29 is 0 Å². The molecule has 1 aliphatic rings. The zero-order chi connectivity index (χ0) is 11.0. The molecule has 0 aliphatic carbocycles. The van der Waals surface area contributed by atoms with Gasteiger partial charge in [-0.2, -0.15) is 0 Å². The maximum absolute atomic E-state index is 2.26. The van der Waals surface area contributed by atoms with E-state index in [1.165, 1.54) is 26.5 Å². The topological polar surface area (TPSA) is 0 Å². The van der Waals surface area contributed by atoms with Crippen LogP contribution in [0.4, 0.5) is 0 Å². The van der Waals surface area contributed by atoms with Crippen LogP contribution in [0.3, 0.4) is 0 Å². The smallest absolute Gasteiger partial charge is 0.0160 e. The average Bonchev–Trinajstić information content (AvgIpc) is 2.35. The van der Waals surface area contributed by atoms with Gasteiger partial charge in [-0.25, -0.2) is 0 Å². The van der Waals surface area contributed by atoms with Crippen LogP contribution in [0.15, 0.2) is 52.3 Å². The molecule has 2 aromatic carbocycles. The van der Waals surface area contributed by atoms with Crippen LogP contribution in [0, 0.1) is 0 Å². The first-order valence-electron chi connectivity index (χ1n) is 5.75. The third kappa shape index (κ3) is 1.56. The molecule has 1 aliphatic heterocycles. The summed E-state index contributed by atoms with van der Waals surface area (Å²) in [5.74, 6) is 0. The molecule has 0 fully saturated rings. The average molecular weight is 226 g/mol. The van der Waals surface area contributed by atoms with Gasteiger partial charge in [-0.3, -0.25) is 0 Å². The van der Waals surface area contributed by atoms with Gasteiger partial charge in [-0.1, -0.05) is 49.0 Å². The van der Waals surface area contributed by atoms with E-state index in [-0.39, 0.29) is 0 Å². The molecule has 0 N–H and O–H groups in total. The molecule has 0 bridgehead atoms. The van der Waals surface area contributed by atoms with Crippen LogP contribution < -0.4 is 0 Å². The molecule has 0 saturated carbocycles. The van der Waals surface area contributed by atoms with Crippen LogP contribution >= 0.6 is 11.8 Å². The van der Waals surface area contributed by atoms with E-state index in [0.717, 1.165) is 12.8 Å². The number of hydrogen-bond acceptors (Lipinski definition) is 1. The van der Waals surface area contributed by atoms with Crippen molar-refractivity contribution in [1.29, 1.82) is 0 Å². The van der Waals surface area contributed by atoms with Gasteiger partial charge in [0.05, 0.1) is 0 Å². The van der Waals surface area contributed by atoms with E-state index in [2.05, 4.69) is 49.4 Å². The summed E-state index contributed by atoms with van der Waals surface area (Å²) in [4.78, 5) is 2.86. The Kier molecular flexibility index (Phi) is 2.49. The highest BCUT2D eigenvalue weighted by molar-refractivity contribution is 7.99. The molecule has 16 heavy (non-hydrogen) atoms. The summed E-state index contributed by atoms with van der Waals surface area (Å²) >= 11 is 1.91. The summed E-state index contributed by atoms with van der Waals surface area (Å²) in [6, 6.07) is 15.4. The highest BCUT2D eigenvalue weighted by atomic mass is 32.2. The quantitative estimate of drug-likeness (QED) is 0.596. The van der Waals surface area contributed by atoms with Gasteiger partial charge >= 0.3 is 0 Å². The number of hydrogen-bond donors (Lipinski definition) is 0. The number of fused-ring (bicyclic) bond motifs is 2. The lowest BCUT2D eigenvalue weighted by atomic mass is 9.98. The lowest BCUT2D eigenvalue weighted by Crippen LogP contribution is -2.02. The second-order valence-corrected chi connectivity index (χ2v) is 5.22. The first kappa shape index (κ1) is 9.98. The second kappa shape index (κ2) is 3.99. The minimum absolute atomic E-state index is 1.10. The minimum Gasteiger partial charge on any atom is -0.0895 e. The highest BCUT2D eigenvalue weighted by Crippen LogP contribution is 2.40. The Labute approximate surface area is 101 Å². The molecule has 0 unspecified atom stereocenters. The summed E-state index contributed by atoms with van der Waals surface area (Å²) in [6.07, 6.45) is 2.23. The summed E-state index contributed by atoms with van der Waals surface area (Å²) in [6.45, 7) is 2.24. The highest BCUT2D eigenvalue weighted by Gasteiger charge is 2.17. The minimum atomic E-state index is 1.10. The molecule has 0 atom stereocenters. The van der Waals surface area contributed by atoms with E-state index in [1.807, 2.05) is 11.8 Å². The predicted octanol–water partition coefficient (Wildman–Crippen LogP) is 4.30. The van der Waals surface area contributed by atoms with Gasteiger partial charge in [0, 0.05) is 9.79 Å². The molecule has 0 aromatic heterocycles. The summed E-state index contributed by atoms with van der Waals surface area (Å²) in [7, 11) is 0. The molecule has 0 radical (unpaired) electrons. The van der Waals surface area contributed by atoms with Crippen LogP contribution in [0.25, 0.3) is 0 Å². The first-order valence-corrected chi connectivity index (χ1v) is 6.56. The van der Waals surface area contributed by atoms with Crippen LogP contribution in [0.2, 0.25) is 0 Å². The molecular formula is C15H14S. The van der Waals surface area contributed by atoms with Crippen LogP contribution in [-0.2, 0) is 12.8 Å². The van der Waals surface area contributed by atoms with E-state index in [0.29, 0.717) is 0 Å². The normalized spacial score (nSPS) is 13.1. The van der Waals surface area contributed by atoms with Gasteiger partial charge < -0.3 is 0 Å². The van der Waals surface area contributed by atoms with Crippen molar-refractivity contribution in [2.75, 3.05) is 0 Å². The van der Waals surface area contributed by atoms with Crippen LogP contribution in [0.5, 0.6) is 0 Å². The van der Waals surface area contributed by atoms with E-state index in [9.17, 15) is 0 Å². The monoisotopic (exact) mass is 226 g/mol. The molecule has 1 heterocycles. The van der Waals surface area contributed by atoms with Gasteiger partial charge in [-0.05, 0) is 41.7 Å². The second-order valence-electron chi connectivity index (χ2n) is 4.13. The van der Waals surface area contributed by atoms with Crippen molar-refractivity contribution in [1.82, 2.24) is 0 Å². The van der Waals surface area contributed by atoms with Crippen molar-refractivity contribution in [3.8, 4) is 0 Å². The van der Waals surface area contributed by atoms with Crippen molar-refractivity contribution in [2.24, 2.45) is 0 Å². The lowest BCUT2D eigenvalue weighted by Gasteiger charge is -2.21. The van der Waals surface area contributed by atoms with E-state index < -0.39 is 0 Å². The maximum atomic E-state index is 2.26. The van der Waals surface area contributed by atoms with Gasteiger partial charge in [-0.15, -0.1) is 0 Å². The number of rotatable bonds is 1. The zero-order valence-corrected chi connectivity index (χ0v) is 10.2. The molecule has 80 valence electrons. The fourth-order valence-corrected chi connectivity index (χ4v) is 3.42.